The molecule has 2 aromatic rings. The highest BCUT2D eigenvalue weighted by Crippen LogP contribution is 2.59. The number of carbonyl (C=O) groups is 3. The van der Waals surface area contributed by atoms with Crippen molar-refractivity contribution in [1.29, 1.82) is 0 Å². The van der Waals surface area contributed by atoms with Crippen molar-refractivity contribution in [1.82, 2.24) is 9.80 Å². The summed E-state index contributed by atoms with van der Waals surface area (Å²) in [5, 5.41) is 10.8. The van der Waals surface area contributed by atoms with Gasteiger partial charge in [0, 0.05) is 25.3 Å². The number of aliphatic hydroxyl groups excluding tert-OH is 1. The van der Waals surface area contributed by atoms with Crippen LogP contribution in [0.2, 0.25) is 0 Å². The zero-order valence-corrected chi connectivity index (χ0v) is 26.3. The Bertz CT molecular complexity index is 1480. The van der Waals surface area contributed by atoms with Gasteiger partial charge >= 0.3 is 0 Å². The van der Waals surface area contributed by atoms with Gasteiger partial charge in [0.05, 0.1) is 36.7 Å². The van der Waals surface area contributed by atoms with Crippen LogP contribution in [0.4, 0.5) is 5.69 Å². The van der Waals surface area contributed by atoms with E-state index in [4.69, 9.17) is 9.47 Å². The number of carbonyl (C=O) groups excluding carboxylic acids is 3. The van der Waals surface area contributed by atoms with Crippen LogP contribution in [-0.4, -0.2) is 82.7 Å². The molecule has 1 N–H and O–H groups in total. The van der Waals surface area contributed by atoms with Crippen molar-refractivity contribution in [3.05, 3.63) is 84.5 Å². The molecule has 3 amide bonds. The van der Waals surface area contributed by atoms with Gasteiger partial charge in [-0.05, 0) is 50.1 Å². The van der Waals surface area contributed by atoms with E-state index in [0.717, 1.165) is 19.3 Å². The van der Waals surface area contributed by atoms with Crippen LogP contribution >= 0.6 is 0 Å². The fraction of sp³-hybridized carbons (Fsp3) is 0.472. The Labute approximate surface area is 265 Å². The van der Waals surface area contributed by atoms with Crippen molar-refractivity contribution in [2.75, 3.05) is 37.7 Å². The SMILES string of the molecule is CCCCCN1CC=C[C@]23O[C@@]4(C)C=CCN(c5ccc(OCC)cc5)C(=O)[C@H]4[C@H]2C(=O)N([C@H](CO)c2ccccc2)C3C1=O. The third kappa shape index (κ3) is 5.16. The number of unbranched alkanes of at least 4 members (excludes halogenated alkanes) is 2. The fourth-order valence-corrected chi connectivity index (χ4v) is 7.75. The number of fused-ring (bicyclic) bond motifs is 2. The van der Waals surface area contributed by atoms with Crippen molar-refractivity contribution in [2.45, 2.75) is 63.3 Å². The van der Waals surface area contributed by atoms with E-state index in [9.17, 15) is 19.5 Å². The molecule has 45 heavy (non-hydrogen) atoms. The number of likely N-dealkylation sites (tertiary alicyclic amines) is 1. The molecular weight excluding hydrogens is 570 g/mol. The van der Waals surface area contributed by atoms with E-state index < -0.39 is 35.1 Å². The van der Waals surface area contributed by atoms with Gasteiger partial charge in [0.2, 0.25) is 17.7 Å². The molecule has 6 atom stereocenters. The number of rotatable bonds is 10. The van der Waals surface area contributed by atoms with Crippen LogP contribution in [0.3, 0.4) is 0 Å². The second kappa shape index (κ2) is 12.4. The molecule has 1 unspecified atom stereocenters. The van der Waals surface area contributed by atoms with Crippen molar-refractivity contribution < 1.29 is 29.0 Å². The smallest absolute Gasteiger partial charge is 0.249 e. The summed E-state index contributed by atoms with van der Waals surface area (Å²) in [6.07, 6.45) is 10.4. The minimum atomic E-state index is -1.39. The molecule has 0 aliphatic carbocycles. The number of aliphatic hydroxyl groups is 1. The molecule has 238 valence electrons. The molecule has 6 rings (SSSR count). The Hall–Kier alpha value is -3.95. The second-order valence-corrected chi connectivity index (χ2v) is 12.5. The van der Waals surface area contributed by atoms with E-state index in [2.05, 4.69) is 6.92 Å². The first kappa shape index (κ1) is 31.0. The predicted molar refractivity (Wildman–Crippen MR) is 170 cm³/mol. The van der Waals surface area contributed by atoms with E-state index in [0.29, 0.717) is 43.2 Å². The molecule has 0 radical (unpaired) electrons. The van der Waals surface area contributed by atoms with Crippen LogP contribution < -0.4 is 9.64 Å². The maximum Gasteiger partial charge on any atom is 0.249 e. The minimum absolute atomic E-state index is 0.221. The summed E-state index contributed by atoms with van der Waals surface area (Å²) in [6.45, 7) is 7.28. The summed E-state index contributed by atoms with van der Waals surface area (Å²) in [7, 11) is 0. The third-order valence-electron chi connectivity index (χ3n) is 9.76. The number of hydrogen-bond donors (Lipinski definition) is 1. The highest BCUT2D eigenvalue weighted by Gasteiger charge is 2.75. The zero-order chi connectivity index (χ0) is 31.8. The summed E-state index contributed by atoms with van der Waals surface area (Å²) >= 11 is 0. The van der Waals surface area contributed by atoms with Gasteiger partial charge in [0.25, 0.3) is 0 Å². The van der Waals surface area contributed by atoms with Crippen molar-refractivity contribution in [3.63, 3.8) is 0 Å². The lowest BCUT2D eigenvalue weighted by Crippen LogP contribution is -2.57. The molecule has 1 spiro atoms. The van der Waals surface area contributed by atoms with Crippen LogP contribution in [0.5, 0.6) is 5.75 Å². The largest absolute Gasteiger partial charge is 0.494 e. The summed E-state index contributed by atoms with van der Waals surface area (Å²) in [4.78, 5) is 49.1. The molecule has 2 aromatic carbocycles. The number of nitrogens with zero attached hydrogens (tertiary/aromatic N) is 3. The van der Waals surface area contributed by atoms with E-state index in [1.807, 2.05) is 92.7 Å². The fourth-order valence-electron chi connectivity index (χ4n) is 7.75. The molecule has 9 heteroatoms. The molecular formula is C36H43N3O6. The van der Waals surface area contributed by atoms with Gasteiger partial charge in [-0.15, -0.1) is 0 Å². The molecule has 0 bridgehead atoms. The monoisotopic (exact) mass is 613 g/mol. The highest BCUT2D eigenvalue weighted by atomic mass is 16.5. The molecule has 4 heterocycles. The Morgan fingerprint density at radius 3 is 2.33 bits per heavy atom. The second-order valence-electron chi connectivity index (χ2n) is 12.5. The maximum atomic E-state index is 14.9. The first-order valence-corrected chi connectivity index (χ1v) is 16.2. The van der Waals surface area contributed by atoms with Gasteiger partial charge in [-0.2, -0.15) is 0 Å². The summed E-state index contributed by atoms with van der Waals surface area (Å²) in [5.74, 6) is -1.99. The van der Waals surface area contributed by atoms with Crippen LogP contribution in [-0.2, 0) is 19.1 Å². The number of benzene rings is 2. The molecule has 0 saturated carbocycles. The number of hydrogen-bond acceptors (Lipinski definition) is 6. The molecule has 2 saturated heterocycles. The quantitative estimate of drug-likeness (QED) is 0.317. The standard InChI is InChI=1S/C36H43N3O6/c1-4-6-10-21-37-22-12-20-36-30(33(42)39(31(36)34(37)43)28(24-40)25-13-8-7-9-14-25)29-32(41)38(23-11-19-35(29,3)45-36)26-15-17-27(18-16-26)44-5-2/h7-9,11-20,28-31,40H,4-6,10,21-24H2,1-3H3/t28-,29-,30+,31?,35+,36+/m1/s1. The van der Waals surface area contributed by atoms with Gasteiger partial charge in [-0.1, -0.05) is 74.4 Å². The predicted octanol–water partition coefficient (Wildman–Crippen LogP) is 4.28. The zero-order valence-electron chi connectivity index (χ0n) is 26.3. The van der Waals surface area contributed by atoms with Gasteiger partial charge < -0.3 is 29.3 Å². The molecule has 4 aliphatic heterocycles. The molecule has 0 aromatic heterocycles. The molecule has 2 fully saturated rings. The normalized spacial score (nSPS) is 29.7. The Balaban J connectivity index is 1.45. The van der Waals surface area contributed by atoms with Crippen molar-refractivity contribution in [2.24, 2.45) is 11.8 Å². The lowest BCUT2D eigenvalue weighted by Gasteiger charge is -2.40. The Morgan fingerprint density at radius 2 is 1.64 bits per heavy atom. The van der Waals surface area contributed by atoms with Gasteiger partial charge in [0.1, 0.15) is 17.4 Å². The van der Waals surface area contributed by atoms with E-state index in [-0.39, 0.29) is 24.3 Å². The van der Waals surface area contributed by atoms with E-state index >= 15 is 0 Å². The van der Waals surface area contributed by atoms with Gasteiger partial charge in [0.15, 0.2) is 0 Å². The Kier molecular flexibility index (Phi) is 8.59. The first-order chi connectivity index (χ1) is 21.8. The average Bonchev–Trinajstić information content (AvgIpc) is 3.31. The maximum absolute atomic E-state index is 14.9. The highest BCUT2D eigenvalue weighted by molar-refractivity contribution is 6.04. The van der Waals surface area contributed by atoms with Crippen LogP contribution in [0, 0.1) is 11.8 Å². The first-order valence-electron chi connectivity index (χ1n) is 16.2. The molecule has 4 aliphatic rings. The number of anilines is 1. The molecule has 9 nitrogen and oxygen atoms in total. The average molecular weight is 614 g/mol. The summed E-state index contributed by atoms with van der Waals surface area (Å²) in [5.41, 5.74) is -1.13. The number of amides is 3. The van der Waals surface area contributed by atoms with Crippen molar-refractivity contribution in [3.8, 4) is 5.75 Å². The van der Waals surface area contributed by atoms with E-state index in [1.165, 1.54) is 4.90 Å². The Morgan fingerprint density at radius 1 is 0.911 bits per heavy atom. The topological polar surface area (TPSA) is 99.6 Å². The van der Waals surface area contributed by atoms with Crippen LogP contribution in [0.1, 0.15) is 51.6 Å². The van der Waals surface area contributed by atoms with Gasteiger partial charge in [-0.25, -0.2) is 0 Å². The number of ether oxygens (including phenoxy) is 2. The lowest BCUT2D eigenvalue weighted by atomic mass is 9.74. The van der Waals surface area contributed by atoms with Crippen LogP contribution in [0.25, 0.3) is 0 Å². The third-order valence-corrected chi connectivity index (χ3v) is 9.76. The lowest BCUT2D eigenvalue weighted by molar-refractivity contribution is -0.154. The van der Waals surface area contributed by atoms with Gasteiger partial charge in [-0.3, -0.25) is 14.4 Å². The minimum Gasteiger partial charge on any atom is -0.494 e. The summed E-state index contributed by atoms with van der Waals surface area (Å²) in [6, 6.07) is 14.8. The van der Waals surface area contributed by atoms with Crippen LogP contribution in [0.15, 0.2) is 78.9 Å². The summed E-state index contributed by atoms with van der Waals surface area (Å²) < 4.78 is 12.6. The van der Waals surface area contributed by atoms with E-state index in [1.54, 1.807) is 9.80 Å². The van der Waals surface area contributed by atoms with Crippen molar-refractivity contribution >= 4 is 23.4 Å².